The maximum Gasteiger partial charge on any atom is 0.253 e. The molecule has 0 bridgehead atoms. The lowest BCUT2D eigenvalue weighted by Crippen LogP contribution is -2.40. The van der Waals surface area contributed by atoms with Crippen LogP contribution in [0.25, 0.3) is 11.0 Å². The number of benzene rings is 2. The summed E-state index contributed by atoms with van der Waals surface area (Å²) >= 11 is 0. The predicted molar refractivity (Wildman–Crippen MR) is 97.4 cm³/mol. The monoisotopic (exact) mass is 334 g/mol. The Morgan fingerprint density at radius 3 is 2.80 bits per heavy atom. The van der Waals surface area contributed by atoms with Crippen molar-refractivity contribution >= 4 is 16.9 Å². The van der Waals surface area contributed by atoms with Crippen molar-refractivity contribution < 1.29 is 4.79 Å². The molecule has 5 heteroatoms. The van der Waals surface area contributed by atoms with E-state index in [-0.39, 0.29) is 5.91 Å². The second-order valence-corrected chi connectivity index (χ2v) is 6.98. The minimum absolute atomic E-state index is 0.0958. The SMILES string of the molecule is Cc1ccc(C[C@H]2CCCN(C(=O)c3ccc4n[nH]nc4c3)C2)cc1. The zero-order chi connectivity index (χ0) is 17.2. The summed E-state index contributed by atoms with van der Waals surface area (Å²) in [6.07, 6.45) is 3.28. The molecule has 1 atom stereocenters. The second-order valence-electron chi connectivity index (χ2n) is 6.98. The first-order chi connectivity index (χ1) is 12.2. The molecule has 2 heterocycles. The standard InChI is InChI=1S/C20H22N4O/c1-14-4-6-15(7-5-14)11-16-3-2-10-24(13-16)20(25)17-8-9-18-19(12-17)22-23-21-18/h4-9,12,16H,2-3,10-11,13H2,1H3,(H,21,22,23)/t16-/m1/s1. The number of rotatable bonds is 3. The average Bonchev–Trinajstić information content (AvgIpc) is 3.11. The number of carbonyl (C=O) groups excluding carboxylic acids is 1. The van der Waals surface area contributed by atoms with E-state index in [1.165, 1.54) is 17.5 Å². The van der Waals surface area contributed by atoms with Gasteiger partial charge < -0.3 is 4.90 Å². The molecule has 1 saturated heterocycles. The zero-order valence-corrected chi connectivity index (χ0v) is 14.4. The van der Waals surface area contributed by atoms with Crippen molar-refractivity contribution in [1.29, 1.82) is 0 Å². The van der Waals surface area contributed by atoms with E-state index < -0.39 is 0 Å². The average molecular weight is 334 g/mol. The largest absolute Gasteiger partial charge is 0.338 e. The van der Waals surface area contributed by atoms with Gasteiger partial charge in [-0.3, -0.25) is 4.79 Å². The Hall–Kier alpha value is -2.69. The van der Waals surface area contributed by atoms with Crippen LogP contribution < -0.4 is 0 Å². The Morgan fingerprint density at radius 1 is 1.16 bits per heavy atom. The van der Waals surface area contributed by atoms with E-state index in [0.717, 1.165) is 37.0 Å². The Kier molecular flexibility index (Phi) is 4.22. The highest BCUT2D eigenvalue weighted by Gasteiger charge is 2.25. The van der Waals surface area contributed by atoms with Crippen molar-refractivity contribution in [2.24, 2.45) is 5.92 Å². The molecule has 1 aromatic heterocycles. The van der Waals surface area contributed by atoms with E-state index in [4.69, 9.17) is 0 Å². The molecule has 1 aliphatic rings. The smallest absolute Gasteiger partial charge is 0.253 e. The van der Waals surface area contributed by atoms with Gasteiger partial charge in [0.05, 0.1) is 0 Å². The Labute approximate surface area is 147 Å². The number of hydrogen-bond donors (Lipinski definition) is 1. The maximum atomic E-state index is 12.9. The number of hydrogen-bond acceptors (Lipinski definition) is 3. The number of amides is 1. The highest BCUT2D eigenvalue weighted by Crippen LogP contribution is 2.23. The first-order valence-electron chi connectivity index (χ1n) is 8.84. The molecule has 0 spiro atoms. The summed E-state index contributed by atoms with van der Waals surface area (Å²) in [5, 5.41) is 10.7. The number of aryl methyl sites for hydroxylation is 1. The summed E-state index contributed by atoms with van der Waals surface area (Å²) in [6, 6.07) is 14.2. The highest BCUT2D eigenvalue weighted by atomic mass is 16.2. The number of likely N-dealkylation sites (tertiary alicyclic amines) is 1. The lowest BCUT2D eigenvalue weighted by atomic mass is 9.90. The van der Waals surface area contributed by atoms with Gasteiger partial charge in [-0.1, -0.05) is 29.8 Å². The summed E-state index contributed by atoms with van der Waals surface area (Å²) in [5.41, 5.74) is 4.85. The third kappa shape index (κ3) is 3.40. The topological polar surface area (TPSA) is 61.9 Å². The van der Waals surface area contributed by atoms with E-state index >= 15 is 0 Å². The van der Waals surface area contributed by atoms with E-state index in [9.17, 15) is 4.79 Å². The first-order valence-corrected chi connectivity index (χ1v) is 8.84. The summed E-state index contributed by atoms with van der Waals surface area (Å²) in [5.74, 6) is 0.620. The normalized spacial score (nSPS) is 17.8. The van der Waals surface area contributed by atoms with Crippen molar-refractivity contribution in [3.8, 4) is 0 Å². The zero-order valence-electron chi connectivity index (χ0n) is 14.4. The summed E-state index contributed by atoms with van der Waals surface area (Å²) in [4.78, 5) is 14.9. The van der Waals surface area contributed by atoms with Crippen LogP contribution in [-0.2, 0) is 6.42 Å². The molecule has 1 aliphatic heterocycles. The van der Waals surface area contributed by atoms with Crippen LogP contribution in [0, 0.1) is 12.8 Å². The van der Waals surface area contributed by atoms with E-state index in [1.54, 1.807) is 0 Å². The minimum Gasteiger partial charge on any atom is -0.338 e. The van der Waals surface area contributed by atoms with Crippen LogP contribution in [0.5, 0.6) is 0 Å². The van der Waals surface area contributed by atoms with Crippen molar-refractivity contribution in [3.63, 3.8) is 0 Å². The number of nitrogens with one attached hydrogen (secondary N) is 1. The van der Waals surface area contributed by atoms with Gasteiger partial charge in [-0.2, -0.15) is 15.4 Å². The molecular formula is C20H22N4O. The van der Waals surface area contributed by atoms with Crippen LogP contribution in [0.3, 0.4) is 0 Å². The molecule has 1 N–H and O–H groups in total. The van der Waals surface area contributed by atoms with Crippen molar-refractivity contribution in [1.82, 2.24) is 20.3 Å². The van der Waals surface area contributed by atoms with E-state index in [1.807, 2.05) is 23.1 Å². The second kappa shape index (κ2) is 6.67. The molecule has 0 saturated carbocycles. The van der Waals surface area contributed by atoms with Crippen LogP contribution in [-0.4, -0.2) is 39.3 Å². The molecule has 128 valence electrons. The lowest BCUT2D eigenvalue weighted by Gasteiger charge is -2.33. The summed E-state index contributed by atoms with van der Waals surface area (Å²) in [7, 11) is 0. The number of aromatic nitrogens is 3. The Balaban J connectivity index is 1.46. The molecule has 0 unspecified atom stereocenters. The van der Waals surface area contributed by atoms with E-state index in [0.29, 0.717) is 11.5 Å². The molecule has 0 radical (unpaired) electrons. The lowest BCUT2D eigenvalue weighted by molar-refractivity contribution is 0.0673. The van der Waals surface area contributed by atoms with Gasteiger partial charge in [0.1, 0.15) is 11.0 Å². The number of nitrogens with zero attached hydrogens (tertiary/aromatic N) is 3. The molecular weight excluding hydrogens is 312 g/mol. The van der Waals surface area contributed by atoms with Crippen LogP contribution in [0.15, 0.2) is 42.5 Å². The molecule has 1 amide bonds. The fourth-order valence-electron chi connectivity index (χ4n) is 3.63. The quantitative estimate of drug-likeness (QED) is 0.799. The fourth-order valence-corrected chi connectivity index (χ4v) is 3.63. The van der Waals surface area contributed by atoms with Crippen molar-refractivity contribution in [2.75, 3.05) is 13.1 Å². The van der Waals surface area contributed by atoms with Crippen LogP contribution >= 0.6 is 0 Å². The first kappa shape index (κ1) is 15.8. The van der Waals surface area contributed by atoms with Gasteiger partial charge in [-0.05, 0) is 55.9 Å². The van der Waals surface area contributed by atoms with Gasteiger partial charge in [-0.15, -0.1) is 0 Å². The molecule has 3 aromatic rings. The van der Waals surface area contributed by atoms with Crippen molar-refractivity contribution in [3.05, 3.63) is 59.2 Å². The molecule has 0 aliphatic carbocycles. The number of carbonyl (C=O) groups is 1. The molecule has 2 aromatic carbocycles. The third-order valence-electron chi connectivity index (χ3n) is 5.01. The van der Waals surface area contributed by atoms with Gasteiger partial charge in [0, 0.05) is 18.7 Å². The summed E-state index contributed by atoms with van der Waals surface area (Å²) in [6.45, 7) is 3.76. The number of piperidine rings is 1. The predicted octanol–water partition coefficient (Wildman–Crippen LogP) is 3.36. The molecule has 25 heavy (non-hydrogen) atoms. The minimum atomic E-state index is 0.0958. The molecule has 4 rings (SSSR count). The van der Waals surface area contributed by atoms with E-state index in [2.05, 4.69) is 46.6 Å². The van der Waals surface area contributed by atoms with Crippen LogP contribution in [0.4, 0.5) is 0 Å². The number of H-pyrrole nitrogens is 1. The van der Waals surface area contributed by atoms with Gasteiger partial charge >= 0.3 is 0 Å². The number of fused-ring (bicyclic) bond motifs is 1. The van der Waals surface area contributed by atoms with Gasteiger partial charge in [0.15, 0.2) is 0 Å². The maximum absolute atomic E-state index is 12.9. The van der Waals surface area contributed by atoms with Gasteiger partial charge in [0.2, 0.25) is 0 Å². The van der Waals surface area contributed by atoms with Gasteiger partial charge in [-0.25, -0.2) is 0 Å². The summed E-state index contributed by atoms with van der Waals surface area (Å²) < 4.78 is 0. The Morgan fingerprint density at radius 2 is 1.96 bits per heavy atom. The number of aromatic amines is 1. The molecule has 5 nitrogen and oxygen atoms in total. The highest BCUT2D eigenvalue weighted by molar-refractivity contribution is 5.97. The Bertz CT molecular complexity index is 884. The molecule has 1 fully saturated rings. The van der Waals surface area contributed by atoms with Crippen LogP contribution in [0.1, 0.15) is 34.3 Å². The fraction of sp³-hybridized carbons (Fsp3) is 0.350. The van der Waals surface area contributed by atoms with Gasteiger partial charge in [0.25, 0.3) is 5.91 Å². The van der Waals surface area contributed by atoms with Crippen LogP contribution in [0.2, 0.25) is 0 Å². The van der Waals surface area contributed by atoms with Crippen molar-refractivity contribution in [2.45, 2.75) is 26.2 Å². The third-order valence-corrected chi connectivity index (χ3v) is 5.01.